The third-order valence-electron chi connectivity index (χ3n) is 2.37. The molecule has 0 aliphatic carbocycles. The Morgan fingerprint density at radius 2 is 2.11 bits per heavy atom. The van der Waals surface area contributed by atoms with E-state index in [1.165, 1.54) is 13.0 Å². The van der Waals surface area contributed by atoms with Crippen LogP contribution in [0.15, 0.2) is 15.4 Å². The summed E-state index contributed by atoms with van der Waals surface area (Å²) in [5.74, 6) is 0.651. The fourth-order valence-corrected chi connectivity index (χ4v) is 2.72. The Morgan fingerprint density at radius 3 is 2.68 bits per heavy atom. The van der Waals surface area contributed by atoms with Crippen molar-refractivity contribution in [3.8, 4) is 0 Å². The van der Waals surface area contributed by atoms with Crippen molar-refractivity contribution >= 4 is 10.0 Å². The van der Waals surface area contributed by atoms with E-state index in [0.717, 1.165) is 13.0 Å². The van der Waals surface area contributed by atoms with E-state index in [0.29, 0.717) is 12.3 Å². The van der Waals surface area contributed by atoms with Crippen LogP contribution in [0.5, 0.6) is 0 Å². The van der Waals surface area contributed by atoms with Crippen LogP contribution in [0.2, 0.25) is 0 Å². The van der Waals surface area contributed by atoms with Gasteiger partial charge in [-0.1, -0.05) is 6.92 Å². The average molecular weight is 296 g/mol. The normalized spacial score (nSPS) is 12.3. The lowest BCUT2D eigenvalue weighted by Gasteiger charge is -2.04. The van der Waals surface area contributed by atoms with Gasteiger partial charge in [0.25, 0.3) is 6.43 Å². The second-order valence-electron chi connectivity index (χ2n) is 4.05. The lowest BCUT2D eigenvalue weighted by Crippen LogP contribution is -2.28. The number of aryl methyl sites for hydroxylation is 1. The lowest BCUT2D eigenvalue weighted by molar-refractivity contribution is 0.153. The number of nitrogens with one attached hydrogen (secondary N) is 2. The molecule has 0 saturated heterocycles. The second kappa shape index (κ2) is 6.97. The molecule has 1 heterocycles. The van der Waals surface area contributed by atoms with Crippen molar-refractivity contribution in [3.05, 3.63) is 17.6 Å². The molecule has 110 valence electrons. The van der Waals surface area contributed by atoms with Crippen LogP contribution < -0.4 is 10.0 Å². The topological polar surface area (TPSA) is 71.3 Å². The van der Waals surface area contributed by atoms with E-state index in [1.807, 2.05) is 11.6 Å². The van der Waals surface area contributed by atoms with Crippen LogP contribution in [-0.4, -0.2) is 27.9 Å². The molecule has 0 aliphatic rings. The van der Waals surface area contributed by atoms with E-state index < -0.39 is 23.0 Å². The summed E-state index contributed by atoms with van der Waals surface area (Å²) < 4.78 is 54.7. The first-order chi connectivity index (χ1) is 8.86. The molecule has 0 saturated carbocycles. The van der Waals surface area contributed by atoms with Crippen LogP contribution in [0, 0.1) is 6.92 Å². The fraction of sp³-hybridized carbons (Fsp3) is 0.636. The number of halogens is 2. The van der Waals surface area contributed by atoms with Gasteiger partial charge < -0.3 is 9.73 Å². The molecule has 19 heavy (non-hydrogen) atoms. The van der Waals surface area contributed by atoms with Crippen molar-refractivity contribution < 1.29 is 21.6 Å². The molecule has 0 fully saturated rings. The smallest absolute Gasteiger partial charge is 0.251 e. The number of rotatable bonds is 8. The van der Waals surface area contributed by atoms with Crippen molar-refractivity contribution in [2.75, 3.05) is 13.1 Å². The van der Waals surface area contributed by atoms with Gasteiger partial charge in [0.1, 0.15) is 16.4 Å². The van der Waals surface area contributed by atoms with E-state index in [-0.39, 0.29) is 10.7 Å². The number of alkyl halides is 2. The molecule has 0 aromatic carbocycles. The zero-order chi connectivity index (χ0) is 14.5. The molecule has 0 bridgehead atoms. The molecule has 5 nitrogen and oxygen atoms in total. The zero-order valence-corrected chi connectivity index (χ0v) is 11.7. The van der Waals surface area contributed by atoms with E-state index in [2.05, 4.69) is 5.32 Å². The van der Waals surface area contributed by atoms with Crippen LogP contribution in [0.3, 0.4) is 0 Å². The van der Waals surface area contributed by atoms with Gasteiger partial charge in [-0.25, -0.2) is 21.9 Å². The first-order valence-electron chi connectivity index (χ1n) is 5.94. The van der Waals surface area contributed by atoms with Crippen molar-refractivity contribution in [2.24, 2.45) is 0 Å². The zero-order valence-electron chi connectivity index (χ0n) is 10.9. The molecular weight excluding hydrogens is 278 g/mol. The quantitative estimate of drug-likeness (QED) is 0.715. The van der Waals surface area contributed by atoms with E-state index in [9.17, 15) is 17.2 Å². The van der Waals surface area contributed by atoms with Gasteiger partial charge in [0.15, 0.2) is 0 Å². The van der Waals surface area contributed by atoms with Gasteiger partial charge in [-0.3, -0.25) is 0 Å². The molecule has 0 radical (unpaired) electrons. The minimum atomic E-state index is -3.95. The highest BCUT2D eigenvalue weighted by molar-refractivity contribution is 7.89. The average Bonchev–Trinajstić information content (AvgIpc) is 2.69. The maximum Gasteiger partial charge on any atom is 0.251 e. The van der Waals surface area contributed by atoms with Gasteiger partial charge in [-0.15, -0.1) is 0 Å². The Labute approximate surface area is 111 Å². The molecule has 8 heteroatoms. The van der Waals surface area contributed by atoms with Crippen molar-refractivity contribution in [1.29, 1.82) is 0 Å². The summed E-state index contributed by atoms with van der Waals surface area (Å²) in [6.07, 6.45) is -1.78. The Morgan fingerprint density at radius 1 is 1.42 bits per heavy atom. The maximum atomic E-state index is 12.0. The summed E-state index contributed by atoms with van der Waals surface area (Å²) in [5.41, 5.74) is 0. The van der Waals surface area contributed by atoms with Gasteiger partial charge in [-0.05, 0) is 19.9 Å². The highest BCUT2D eigenvalue weighted by Crippen LogP contribution is 2.19. The second-order valence-corrected chi connectivity index (χ2v) is 5.79. The summed E-state index contributed by atoms with van der Waals surface area (Å²) in [7, 11) is -3.95. The highest BCUT2D eigenvalue weighted by Gasteiger charge is 2.22. The molecule has 2 N–H and O–H groups in total. The first-order valence-corrected chi connectivity index (χ1v) is 7.43. The molecule has 0 amide bonds. The van der Waals surface area contributed by atoms with Crippen LogP contribution in [0.25, 0.3) is 0 Å². The number of sulfonamides is 1. The Balaban J connectivity index is 2.77. The fourth-order valence-electron chi connectivity index (χ4n) is 1.52. The van der Waals surface area contributed by atoms with E-state index in [4.69, 9.17) is 4.42 Å². The predicted octanol–water partition coefficient (Wildman–Crippen LogP) is 1.63. The molecule has 1 rings (SSSR count). The summed E-state index contributed by atoms with van der Waals surface area (Å²) in [4.78, 5) is -0.0959. The molecule has 0 aliphatic heterocycles. The first kappa shape index (κ1) is 16.1. The monoisotopic (exact) mass is 296 g/mol. The van der Waals surface area contributed by atoms with Gasteiger partial charge in [0.05, 0.1) is 13.1 Å². The van der Waals surface area contributed by atoms with Crippen molar-refractivity contribution in [2.45, 2.75) is 38.1 Å². The Bertz CT molecular complexity index is 500. The summed E-state index contributed by atoms with van der Waals surface area (Å²) >= 11 is 0. The Hall–Kier alpha value is -0.990. The maximum absolute atomic E-state index is 12.0. The van der Waals surface area contributed by atoms with E-state index in [1.54, 1.807) is 0 Å². The molecule has 0 unspecified atom stereocenters. The minimum absolute atomic E-state index is 0.0959. The van der Waals surface area contributed by atoms with Crippen molar-refractivity contribution in [1.82, 2.24) is 10.0 Å². The van der Waals surface area contributed by atoms with Gasteiger partial charge in [0, 0.05) is 6.07 Å². The molecule has 0 atom stereocenters. The summed E-state index contributed by atoms with van der Waals surface area (Å²) in [6, 6.07) is 1.35. The van der Waals surface area contributed by atoms with Crippen LogP contribution >= 0.6 is 0 Å². The summed E-state index contributed by atoms with van der Waals surface area (Å²) in [5, 5.41) is 3.06. The number of hydrogen-bond donors (Lipinski definition) is 2. The summed E-state index contributed by atoms with van der Waals surface area (Å²) in [6.45, 7) is 3.77. The van der Waals surface area contributed by atoms with Crippen LogP contribution in [0.1, 0.15) is 24.9 Å². The minimum Gasteiger partial charge on any atom is -0.464 e. The molecule has 1 aromatic rings. The van der Waals surface area contributed by atoms with Crippen LogP contribution in [0.4, 0.5) is 8.78 Å². The van der Waals surface area contributed by atoms with Crippen molar-refractivity contribution in [3.63, 3.8) is 0 Å². The highest BCUT2D eigenvalue weighted by atomic mass is 32.2. The number of furan rings is 1. The molecular formula is C11H18F2N2O3S. The molecule has 1 aromatic heterocycles. The lowest BCUT2D eigenvalue weighted by atomic mass is 10.4. The van der Waals surface area contributed by atoms with Crippen LogP contribution in [-0.2, 0) is 16.6 Å². The van der Waals surface area contributed by atoms with Gasteiger partial charge in [0.2, 0.25) is 10.0 Å². The molecule has 0 spiro atoms. The largest absolute Gasteiger partial charge is 0.464 e. The SMILES string of the molecule is CCCNCc1cc(S(=O)(=O)NCC(F)F)c(C)o1. The third-order valence-corrected chi connectivity index (χ3v) is 3.90. The number of hydrogen-bond acceptors (Lipinski definition) is 4. The predicted molar refractivity (Wildman–Crippen MR) is 66.6 cm³/mol. The third kappa shape index (κ3) is 4.88. The van der Waals surface area contributed by atoms with E-state index >= 15 is 0 Å². The van der Waals surface area contributed by atoms with Gasteiger partial charge >= 0.3 is 0 Å². The Kier molecular flexibility index (Phi) is 5.89. The standard InChI is InChI=1S/C11H18F2N2O3S/c1-3-4-14-6-9-5-10(8(2)18-9)19(16,17)15-7-11(12)13/h5,11,14-15H,3-4,6-7H2,1-2H3. The van der Waals surface area contributed by atoms with Gasteiger partial charge in [-0.2, -0.15) is 0 Å².